The van der Waals surface area contributed by atoms with Gasteiger partial charge in [0.1, 0.15) is 11.3 Å². The van der Waals surface area contributed by atoms with E-state index < -0.39 is 0 Å². The van der Waals surface area contributed by atoms with Crippen molar-refractivity contribution in [2.45, 2.75) is 83.7 Å². The maximum absolute atomic E-state index is 12.5. The molecule has 0 radical (unpaired) electrons. The number of benzene rings is 1. The van der Waals surface area contributed by atoms with E-state index in [1.807, 2.05) is 18.3 Å². The molecule has 3 aromatic rings. The lowest BCUT2D eigenvalue weighted by atomic mass is 9.96. The first-order chi connectivity index (χ1) is 15.2. The zero-order chi connectivity index (χ0) is 21.5. The Morgan fingerprint density at radius 1 is 1.06 bits per heavy atom. The molecule has 5 heteroatoms. The minimum atomic E-state index is 0.185. The van der Waals surface area contributed by atoms with Crippen molar-refractivity contribution in [3.05, 3.63) is 59.5 Å². The molecule has 0 spiro atoms. The van der Waals surface area contributed by atoms with E-state index >= 15 is 0 Å². The fourth-order valence-corrected chi connectivity index (χ4v) is 4.55. The van der Waals surface area contributed by atoms with Crippen LogP contribution >= 0.6 is 0 Å². The summed E-state index contributed by atoms with van der Waals surface area (Å²) in [4.78, 5) is 21.9. The number of carbonyl (C=O) groups is 1. The highest BCUT2D eigenvalue weighted by Gasteiger charge is 2.15. The first-order valence-electron chi connectivity index (χ1n) is 11.8. The van der Waals surface area contributed by atoms with Crippen LogP contribution in [0.5, 0.6) is 0 Å². The van der Waals surface area contributed by atoms with Crippen molar-refractivity contribution in [2.75, 3.05) is 0 Å². The number of carbonyl (C=O) groups excluding carboxylic acids is 1. The molecule has 0 bridgehead atoms. The van der Waals surface area contributed by atoms with E-state index in [-0.39, 0.29) is 5.91 Å². The summed E-state index contributed by atoms with van der Waals surface area (Å²) in [5.41, 5.74) is 4.33. The fraction of sp³-hybridized carbons (Fsp3) is 0.500. The largest absolute Gasteiger partial charge is 0.353 e. The second-order valence-electron chi connectivity index (χ2n) is 8.91. The van der Waals surface area contributed by atoms with Gasteiger partial charge in [0.05, 0.1) is 6.54 Å². The van der Waals surface area contributed by atoms with Gasteiger partial charge in [-0.3, -0.25) is 4.79 Å². The summed E-state index contributed by atoms with van der Waals surface area (Å²) in [6.07, 6.45) is 12.6. The third kappa shape index (κ3) is 5.93. The Morgan fingerprint density at radius 3 is 2.58 bits per heavy atom. The number of nitrogens with zero attached hydrogens (tertiary/aromatic N) is 3. The molecule has 164 valence electrons. The monoisotopic (exact) mass is 418 g/mol. The quantitative estimate of drug-likeness (QED) is 0.563. The first kappa shape index (κ1) is 21.5. The van der Waals surface area contributed by atoms with E-state index in [1.54, 1.807) is 0 Å². The number of amides is 1. The summed E-state index contributed by atoms with van der Waals surface area (Å²) in [5, 5.41) is 3.28. The topological polar surface area (TPSA) is 59.8 Å². The summed E-state index contributed by atoms with van der Waals surface area (Å²) >= 11 is 0. The molecule has 1 saturated carbocycles. The van der Waals surface area contributed by atoms with E-state index in [9.17, 15) is 4.79 Å². The smallest absolute Gasteiger partial charge is 0.220 e. The lowest BCUT2D eigenvalue weighted by Crippen LogP contribution is -2.35. The van der Waals surface area contributed by atoms with Gasteiger partial charge in [0.2, 0.25) is 5.91 Å². The first-order valence-corrected chi connectivity index (χ1v) is 11.8. The maximum Gasteiger partial charge on any atom is 0.220 e. The van der Waals surface area contributed by atoms with E-state index in [1.165, 1.54) is 43.2 Å². The van der Waals surface area contributed by atoms with Crippen molar-refractivity contribution in [3.8, 4) is 0 Å². The third-order valence-electron chi connectivity index (χ3n) is 6.32. The van der Waals surface area contributed by atoms with Crippen LogP contribution in [0.3, 0.4) is 0 Å². The number of hydrogen-bond donors (Lipinski definition) is 1. The Hall–Kier alpha value is -2.69. The summed E-state index contributed by atoms with van der Waals surface area (Å²) in [6.45, 7) is 2.85. The summed E-state index contributed by atoms with van der Waals surface area (Å²) in [5.74, 6) is 1.19. The minimum Gasteiger partial charge on any atom is -0.353 e. The van der Waals surface area contributed by atoms with Crippen LogP contribution in [0.2, 0.25) is 0 Å². The SMILES string of the molecule is Cc1ccc(Cn2c(CCCC(=O)NC3CCCCCCC3)nc3cccnc32)cc1. The molecule has 1 aromatic carbocycles. The van der Waals surface area contributed by atoms with Gasteiger partial charge in [-0.15, -0.1) is 0 Å². The average Bonchev–Trinajstić information content (AvgIpc) is 3.09. The standard InChI is InChI=1S/C26H34N4O/c1-20-14-16-21(17-15-20)19-30-24(29-23-11-8-18-27-26(23)30)12-7-13-25(31)28-22-9-5-3-2-4-6-10-22/h8,11,14-18,22H,2-7,9-10,12-13,19H2,1H3,(H,28,31). The van der Waals surface area contributed by atoms with Crippen molar-refractivity contribution >= 4 is 17.1 Å². The van der Waals surface area contributed by atoms with Gasteiger partial charge in [0.15, 0.2) is 5.65 Å². The number of aryl methyl sites for hydroxylation is 2. The number of hydrogen-bond acceptors (Lipinski definition) is 3. The van der Waals surface area contributed by atoms with Crippen LogP contribution in [-0.4, -0.2) is 26.5 Å². The predicted octanol–water partition coefficient (Wildman–Crippen LogP) is 5.34. The number of rotatable bonds is 7. The molecule has 0 unspecified atom stereocenters. The van der Waals surface area contributed by atoms with Crippen LogP contribution in [0.1, 0.15) is 74.7 Å². The highest BCUT2D eigenvalue weighted by atomic mass is 16.1. The van der Waals surface area contributed by atoms with Gasteiger partial charge < -0.3 is 9.88 Å². The van der Waals surface area contributed by atoms with Gasteiger partial charge in [0.25, 0.3) is 0 Å². The molecule has 0 atom stereocenters. The van der Waals surface area contributed by atoms with Crippen molar-refractivity contribution in [3.63, 3.8) is 0 Å². The van der Waals surface area contributed by atoms with Gasteiger partial charge >= 0.3 is 0 Å². The Morgan fingerprint density at radius 2 is 1.81 bits per heavy atom. The molecule has 1 amide bonds. The highest BCUT2D eigenvalue weighted by Crippen LogP contribution is 2.19. The molecule has 1 aliphatic carbocycles. The molecular formula is C26H34N4O. The van der Waals surface area contributed by atoms with Crippen LogP contribution in [0.25, 0.3) is 11.2 Å². The van der Waals surface area contributed by atoms with Gasteiger partial charge in [-0.1, -0.05) is 61.9 Å². The average molecular weight is 419 g/mol. The maximum atomic E-state index is 12.5. The lowest BCUT2D eigenvalue weighted by molar-refractivity contribution is -0.122. The summed E-state index contributed by atoms with van der Waals surface area (Å²) in [7, 11) is 0. The van der Waals surface area contributed by atoms with Crippen LogP contribution < -0.4 is 5.32 Å². The van der Waals surface area contributed by atoms with E-state index in [0.717, 1.165) is 49.2 Å². The molecule has 31 heavy (non-hydrogen) atoms. The minimum absolute atomic E-state index is 0.185. The molecule has 1 fully saturated rings. The molecule has 1 aliphatic rings. The van der Waals surface area contributed by atoms with Crippen LogP contribution in [0, 0.1) is 6.92 Å². The second-order valence-corrected chi connectivity index (χ2v) is 8.91. The van der Waals surface area contributed by atoms with Crippen molar-refractivity contribution in [1.29, 1.82) is 0 Å². The molecule has 2 aromatic heterocycles. The third-order valence-corrected chi connectivity index (χ3v) is 6.32. The zero-order valence-electron chi connectivity index (χ0n) is 18.6. The molecule has 0 saturated heterocycles. The Bertz CT molecular complexity index is 984. The van der Waals surface area contributed by atoms with Gasteiger partial charge in [-0.25, -0.2) is 9.97 Å². The fourth-order valence-electron chi connectivity index (χ4n) is 4.55. The molecule has 0 aliphatic heterocycles. The summed E-state index contributed by atoms with van der Waals surface area (Å²) < 4.78 is 2.20. The number of nitrogens with one attached hydrogen (secondary N) is 1. The normalized spacial score (nSPS) is 15.5. The van der Waals surface area contributed by atoms with Gasteiger partial charge in [-0.2, -0.15) is 0 Å². The van der Waals surface area contributed by atoms with Crippen molar-refractivity contribution in [1.82, 2.24) is 19.9 Å². The Kier molecular flexibility index (Phi) is 7.34. The lowest BCUT2D eigenvalue weighted by Gasteiger charge is -2.21. The predicted molar refractivity (Wildman–Crippen MR) is 125 cm³/mol. The number of pyridine rings is 1. The molecular weight excluding hydrogens is 384 g/mol. The number of imidazole rings is 1. The second kappa shape index (κ2) is 10.6. The molecule has 4 rings (SSSR count). The molecule has 5 nitrogen and oxygen atoms in total. The molecule has 1 N–H and O–H groups in total. The Balaban J connectivity index is 1.38. The number of aromatic nitrogens is 3. The van der Waals surface area contributed by atoms with E-state index in [4.69, 9.17) is 4.98 Å². The molecule has 2 heterocycles. The van der Waals surface area contributed by atoms with Gasteiger partial charge in [0, 0.05) is 25.1 Å². The zero-order valence-corrected chi connectivity index (χ0v) is 18.6. The van der Waals surface area contributed by atoms with Crippen molar-refractivity contribution < 1.29 is 4.79 Å². The van der Waals surface area contributed by atoms with Crippen LogP contribution in [0.4, 0.5) is 0 Å². The van der Waals surface area contributed by atoms with E-state index in [2.05, 4.69) is 46.1 Å². The number of fused-ring (bicyclic) bond motifs is 1. The van der Waals surface area contributed by atoms with Crippen LogP contribution in [-0.2, 0) is 17.8 Å². The summed E-state index contributed by atoms with van der Waals surface area (Å²) in [6, 6.07) is 12.9. The van der Waals surface area contributed by atoms with Gasteiger partial charge in [-0.05, 0) is 43.9 Å². The van der Waals surface area contributed by atoms with Crippen molar-refractivity contribution in [2.24, 2.45) is 0 Å². The highest BCUT2D eigenvalue weighted by molar-refractivity contribution is 5.76. The van der Waals surface area contributed by atoms with E-state index in [0.29, 0.717) is 12.5 Å². The van der Waals surface area contributed by atoms with Crippen LogP contribution in [0.15, 0.2) is 42.6 Å². The Labute approximate surface area is 185 Å².